The topological polar surface area (TPSA) is 108 Å². The Bertz CT molecular complexity index is 1390. The first kappa shape index (κ1) is 28.6. The van der Waals surface area contributed by atoms with Crippen molar-refractivity contribution in [3.63, 3.8) is 0 Å². The average Bonchev–Trinajstić information content (AvgIpc) is 2.85. The Morgan fingerprint density at radius 1 is 0.974 bits per heavy atom. The number of carboxylic acid groups (broad SMARTS) is 1. The third kappa shape index (κ3) is 7.59. The molecule has 39 heavy (non-hydrogen) atoms. The first-order valence-electron chi connectivity index (χ1n) is 12.7. The van der Waals surface area contributed by atoms with Gasteiger partial charge < -0.3 is 24.1 Å². The van der Waals surface area contributed by atoms with E-state index in [1.807, 2.05) is 62.4 Å². The van der Waals surface area contributed by atoms with Crippen molar-refractivity contribution in [2.45, 2.75) is 32.5 Å². The van der Waals surface area contributed by atoms with Gasteiger partial charge in [-0.25, -0.2) is 13.2 Å². The van der Waals surface area contributed by atoms with E-state index >= 15 is 0 Å². The van der Waals surface area contributed by atoms with Gasteiger partial charge in [0.15, 0.2) is 0 Å². The van der Waals surface area contributed by atoms with Gasteiger partial charge in [0, 0.05) is 6.26 Å². The minimum absolute atomic E-state index is 0.110. The Hall–Kier alpha value is -3.40. The van der Waals surface area contributed by atoms with Gasteiger partial charge in [0.1, 0.15) is 40.2 Å². The van der Waals surface area contributed by atoms with Crippen LogP contribution in [0.25, 0.3) is 11.1 Å². The van der Waals surface area contributed by atoms with Crippen molar-refractivity contribution in [1.82, 2.24) is 0 Å². The molecule has 0 unspecified atom stereocenters. The highest BCUT2D eigenvalue weighted by Crippen LogP contribution is 2.35. The summed E-state index contributed by atoms with van der Waals surface area (Å²) in [6.45, 7) is 5.08. The molecule has 1 aliphatic rings. The zero-order valence-corrected chi connectivity index (χ0v) is 23.3. The standard InChI is InChI=1S/C30H34O8S/c1-21-14-27(36-12-5-13-39(3,33)34)15-22(2)29(21)24-7-4-6-23(16-24)17-37-26-10-8-25(9-11-26)30(19-35-20-30)38-18-28(31)32/h4,6-11,14-16H,5,12-13,17-20H2,1-3H3,(H,31,32). The molecule has 0 spiro atoms. The molecule has 1 saturated heterocycles. The summed E-state index contributed by atoms with van der Waals surface area (Å²) >= 11 is 0. The van der Waals surface area contributed by atoms with Crippen molar-refractivity contribution in [2.24, 2.45) is 0 Å². The van der Waals surface area contributed by atoms with Crippen molar-refractivity contribution in [3.8, 4) is 22.6 Å². The van der Waals surface area contributed by atoms with Crippen LogP contribution in [0, 0.1) is 13.8 Å². The molecule has 3 aromatic carbocycles. The van der Waals surface area contributed by atoms with Gasteiger partial charge in [0.25, 0.3) is 0 Å². The van der Waals surface area contributed by atoms with E-state index in [0.29, 0.717) is 38.6 Å². The largest absolute Gasteiger partial charge is 0.494 e. The number of aryl methyl sites for hydroxylation is 2. The molecule has 0 aromatic heterocycles. The summed E-state index contributed by atoms with van der Waals surface area (Å²) in [6, 6.07) is 19.6. The number of carbonyl (C=O) groups is 1. The summed E-state index contributed by atoms with van der Waals surface area (Å²) < 4.78 is 45.4. The van der Waals surface area contributed by atoms with Crippen LogP contribution in [-0.4, -0.2) is 57.9 Å². The number of benzene rings is 3. The average molecular weight is 555 g/mol. The monoisotopic (exact) mass is 554 g/mol. The number of aliphatic carboxylic acids is 1. The van der Waals surface area contributed by atoms with Gasteiger partial charge in [-0.05, 0) is 84.0 Å². The van der Waals surface area contributed by atoms with Gasteiger partial charge in [-0.15, -0.1) is 0 Å². The second-order valence-electron chi connectivity index (χ2n) is 9.95. The molecule has 0 saturated carbocycles. The number of rotatable bonds is 13. The maximum absolute atomic E-state index is 11.3. The molecule has 4 rings (SSSR count). The van der Waals surface area contributed by atoms with Gasteiger partial charge in [0.2, 0.25) is 0 Å². The van der Waals surface area contributed by atoms with Crippen molar-refractivity contribution >= 4 is 15.8 Å². The first-order chi connectivity index (χ1) is 18.5. The lowest BCUT2D eigenvalue weighted by atomic mass is 9.91. The second kappa shape index (κ2) is 12.2. The van der Waals surface area contributed by atoms with E-state index in [1.54, 1.807) is 0 Å². The fourth-order valence-electron chi connectivity index (χ4n) is 4.63. The molecule has 0 aliphatic carbocycles. The highest BCUT2D eigenvalue weighted by molar-refractivity contribution is 7.90. The Labute approximate surface area is 229 Å². The van der Waals surface area contributed by atoms with Crippen molar-refractivity contribution < 1.29 is 37.3 Å². The molecule has 0 atom stereocenters. The first-order valence-corrected chi connectivity index (χ1v) is 14.8. The van der Waals surface area contributed by atoms with E-state index in [-0.39, 0.29) is 12.4 Å². The van der Waals surface area contributed by atoms with Crippen LogP contribution in [0.4, 0.5) is 0 Å². The summed E-state index contributed by atoms with van der Waals surface area (Å²) in [5.41, 5.74) is 5.49. The lowest BCUT2D eigenvalue weighted by Crippen LogP contribution is -2.49. The molecule has 208 valence electrons. The van der Waals surface area contributed by atoms with Gasteiger partial charge in [0.05, 0.1) is 25.6 Å². The predicted octanol–water partition coefficient (Wildman–Crippen LogP) is 4.69. The third-order valence-electron chi connectivity index (χ3n) is 6.58. The number of sulfone groups is 1. The number of carboxylic acids is 1. The van der Waals surface area contributed by atoms with Crippen LogP contribution in [0.3, 0.4) is 0 Å². The quantitative estimate of drug-likeness (QED) is 0.303. The summed E-state index contributed by atoms with van der Waals surface area (Å²) in [4.78, 5) is 10.9. The highest BCUT2D eigenvalue weighted by atomic mass is 32.2. The molecule has 0 bridgehead atoms. The smallest absolute Gasteiger partial charge is 0.329 e. The highest BCUT2D eigenvalue weighted by Gasteiger charge is 2.42. The molecular formula is C30H34O8S. The zero-order chi connectivity index (χ0) is 28.0. The molecular weight excluding hydrogens is 520 g/mol. The Balaban J connectivity index is 1.39. The maximum atomic E-state index is 11.3. The van der Waals surface area contributed by atoms with Crippen molar-refractivity contribution in [3.05, 3.63) is 82.9 Å². The lowest BCUT2D eigenvalue weighted by molar-refractivity contribution is -0.220. The fraction of sp³-hybridized carbons (Fsp3) is 0.367. The van der Waals surface area contributed by atoms with Crippen LogP contribution >= 0.6 is 0 Å². The van der Waals surface area contributed by atoms with Crippen LogP contribution in [0.15, 0.2) is 60.7 Å². The van der Waals surface area contributed by atoms with E-state index in [4.69, 9.17) is 24.1 Å². The summed E-state index contributed by atoms with van der Waals surface area (Å²) in [5, 5.41) is 8.95. The number of ether oxygens (including phenoxy) is 4. The molecule has 0 amide bonds. The molecule has 8 nitrogen and oxygen atoms in total. The van der Waals surface area contributed by atoms with Gasteiger partial charge in [-0.3, -0.25) is 0 Å². The maximum Gasteiger partial charge on any atom is 0.329 e. The van der Waals surface area contributed by atoms with Crippen LogP contribution < -0.4 is 9.47 Å². The van der Waals surface area contributed by atoms with Gasteiger partial charge >= 0.3 is 5.97 Å². The Kier molecular flexibility index (Phi) is 8.94. The van der Waals surface area contributed by atoms with E-state index in [1.165, 1.54) is 6.26 Å². The molecule has 3 aromatic rings. The SMILES string of the molecule is Cc1cc(OCCCS(C)(=O)=O)cc(C)c1-c1cccc(COc2ccc(C3(OCC(=O)O)COC3)cc2)c1. The lowest BCUT2D eigenvalue weighted by Gasteiger charge is -2.41. The minimum atomic E-state index is -2.99. The van der Waals surface area contributed by atoms with Crippen molar-refractivity contribution in [2.75, 3.05) is 38.4 Å². The van der Waals surface area contributed by atoms with Gasteiger partial charge in [-0.2, -0.15) is 0 Å². The minimum Gasteiger partial charge on any atom is -0.494 e. The van der Waals surface area contributed by atoms with E-state index < -0.39 is 21.4 Å². The molecule has 9 heteroatoms. The van der Waals surface area contributed by atoms with Gasteiger partial charge in [-0.1, -0.05) is 30.3 Å². The van der Waals surface area contributed by atoms with Crippen molar-refractivity contribution in [1.29, 1.82) is 0 Å². The van der Waals surface area contributed by atoms with Crippen LogP contribution in [-0.2, 0) is 36.3 Å². The fourth-order valence-corrected chi connectivity index (χ4v) is 5.27. The predicted molar refractivity (Wildman–Crippen MR) is 148 cm³/mol. The Morgan fingerprint density at radius 2 is 1.67 bits per heavy atom. The summed E-state index contributed by atoms with van der Waals surface area (Å²) in [7, 11) is -2.99. The number of hydrogen-bond acceptors (Lipinski definition) is 7. The normalized spacial score (nSPS) is 14.4. The van der Waals surface area contributed by atoms with Crippen LogP contribution in [0.5, 0.6) is 11.5 Å². The van der Waals surface area contributed by atoms with E-state index in [9.17, 15) is 13.2 Å². The molecule has 1 N–H and O–H groups in total. The molecule has 1 aliphatic heterocycles. The van der Waals surface area contributed by atoms with Crippen LogP contribution in [0.2, 0.25) is 0 Å². The zero-order valence-electron chi connectivity index (χ0n) is 22.4. The van der Waals surface area contributed by atoms with E-state index in [0.717, 1.165) is 39.1 Å². The molecule has 1 heterocycles. The molecule has 1 fully saturated rings. The van der Waals surface area contributed by atoms with Crippen LogP contribution in [0.1, 0.15) is 28.7 Å². The Morgan fingerprint density at radius 3 is 2.26 bits per heavy atom. The summed E-state index contributed by atoms with van der Waals surface area (Å²) in [5.74, 6) is 0.523. The third-order valence-corrected chi connectivity index (χ3v) is 7.61. The summed E-state index contributed by atoms with van der Waals surface area (Å²) in [6.07, 6.45) is 1.69. The van der Waals surface area contributed by atoms with E-state index in [2.05, 4.69) is 12.1 Å². The second-order valence-corrected chi connectivity index (χ2v) is 12.2. The molecule has 0 radical (unpaired) electrons. The number of hydrogen-bond donors (Lipinski definition) is 1.